The standard InChI is InChI=1S/C18H21N5O2S/c24-16-4-2-7-23(16)18-21-14(12-26-18)9-17(25)22-8-6-20-11-15(22)13-3-1-5-19-10-13/h1,3,5,10,12,15,20H,2,4,6-9,11H2. The Bertz CT molecular complexity index is 794. The molecule has 0 saturated carbocycles. The Kier molecular flexibility index (Phi) is 4.94. The molecule has 2 aromatic rings. The Morgan fingerprint density at radius 1 is 1.38 bits per heavy atom. The molecule has 2 amide bonds. The molecule has 4 rings (SSSR count). The van der Waals surface area contributed by atoms with Crippen LogP contribution in [0.5, 0.6) is 0 Å². The lowest BCUT2D eigenvalue weighted by Gasteiger charge is -2.36. The summed E-state index contributed by atoms with van der Waals surface area (Å²) in [5, 5.41) is 5.95. The fourth-order valence-electron chi connectivity index (χ4n) is 3.48. The minimum Gasteiger partial charge on any atom is -0.333 e. The van der Waals surface area contributed by atoms with Crippen molar-refractivity contribution in [2.45, 2.75) is 25.3 Å². The van der Waals surface area contributed by atoms with Crippen LogP contribution in [0.1, 0.15) is 30.1 Å². The molecule has 136 valence electrons. The molecule has 1 atom stereocenters. The Labute approximate surface area is 156 Å². The summed E-state index contributed by atoms with van der Waals surface area (Å²) in [5.41, 5.74) is 1.77. The van der Waals surface area contributed by atoms with Crippen LogP contribution in [0.2, 0.25) is 0 Å². The van der Waals surface area contributed by atoms with E-state index >= 15 is 0 Å². The van der Waals surface area contributed by atoms with Gasteiger partial charge in [0.25, 0.3) is 0 Å². The highest BCUT2D eigenvalue weighted by Crippen LogP contribution is 2.27. The zero-order valence-electron chi connectivity index (χ0n) is 14.4. The molecule has 2 aliphatic rings. The van der Waals surface area contributed by atoms with E-state index in [4.69, 9.17) is 0 Å². The quantitative estimate of drug-likeness (QED) is 0.879. The Hall–Kier alpha value is -2.32. The molecule has 2 aromatic heterocycles. The normalized spacial score (nSPS) is 20.6. The summed E-state index contributed by atoms with van der Waals surface area (Å²) in [6.07, 6.45) is 5.27. The van der Waals surface area contributed by atoms with Crippen LogP contribution < -0.4 is 10.2 Å². The molecular weight excluding hydrogens is 350 g/mol. The summed E-state index contributed by atoms with van der Waals surface area (Å²) in [6.45, 7) is 2.90. The van der Waals surface area contributed by atoms with Gasteiger partial charge >= 0.3 is 0 Å². The number of aromatic nitrogens is 2. The first-order valence-corrected chi connectivity index (χ1v) is 9.75. The molecule has 1 N–H and O–H groups in total. The van der Waals surface area contributed by atoms with Crippen LogP contribution in [0.3, 0.4) is 0 Å². The number of hydrogen-bond donors (Lipinski definition) is 1. The number of nitrogens with zero attached hydrogens (tertiary/aromatic N) is 4. The first kappa shape index (κ1) is 17.1. The number of nitrogens with one attached hydrogen (secondary N) is 1. The van der Waals surface area contributed by atoms with Gasteiger partial charge in [-0.1, -0.05) is 6.07 Å². The summed E-state index contributed by atoms with van der Waals surface area (Å²) in [5.74, 6) is 0.181. The lowest BCUT2D eigenvalue weighted by molar-refractivity contribution is -0.133. The zero-order chi connectivity index (χ0) is 17.9. The molecular formula is C18H21N5O2S. The second-order valence-electron chi connectivity index (χ2n) is 6.54. The SMILES string of the molecule is O=C1CCCN1c1nc(CC(=O)N2CCNCC2c2cccnc2)cs1. The van der Waals surface area contributed by atoms with Crippen molar-refractivity contribution in [2.24, 2.45) is 0 Å². The van der Waals surface area contributed by atoms with Crippen molar-refractivity contribution in [1.82, 2.24) is 20.2 Å². The van der Waals surface area contributed by atoms with E-state index in [0.29, 0.717) is 18.1 Å². The first-order valence-electron chi connectivity index (χ1n) is 8.87. The van der Waals surface area contributed by atoms with Gasteiger partial charge in [-0.3, -0.25) is 19.5 Å². The van der Waals surface area contributed by atoms with Gasteiger partial charge in [0.2, 0.25) is 11.8 Å². The molecule has 7 nitrogen and oxygen atoms in total. The third kappa shape index (κ3) is 3.47. The van der Waals surface area contributed by atoms with Crippen molar-refractivity contribution in [3.63, 3.8) is 0 Å². The fraction of sp³-hybridized carbons (Fsp3) is 0.444. The molecule has 0 radical (unpaired) electrons. The predicted molar refractivity (Wildman–Crippen MR) is 99.0 cm³/mol. The molecule has 8 heteroatoms. The zero-order valence-corrected chi connectivity index (χ0v) is 15.2. The van der Waals surface area contributed by atoms with E-state index in [1.807, 2.05) is 28.6 Å². The number of amides is 2. The highest BCUT2D eigenvalue weighted by Gasteiger charge is 2.29. The third-order valence-electron chi connectivity index (χ3n) is 4.81. The predicted octanol–water partition coefficient (Wildman–Crippen LogP) is 1.38. The van der Waals surface area contributed by atoms with Crippen molar-refractivity contribution in [2.75, 3.05) is 31.1 Å². The molecule has 2 aliphatic heterocycles. The van der Waals surface area contributed by atoms with E-state index in [1.54, 1.807) is 11.1 Å². The average molecular weight is 371 g/mol. The van der Waals surface area contributed by atoms with Gasteiger partial charge in [-0.25, -0.2) is 4.98 Å². The fourth-order valence-corrected chi connectivity index (χ4v) is 4.35. The van der Waals surface area contributed by atoms with Gasteiger partial charge in [-0.2, -0.15) is 0 Å². The van der Waals surface area contributed by atoms with E-state index in [2.05, 4.69) is 15.3 Å². The molecule has 1 unspecified atom stereocenters. The van der Waals surface area contributed by atoms with Crippen molar-refractivity contribution in [3.8, 4) is 0 Å². The summed E-state index contributed by atoms with van der Waals surface area (Å²) >= 11 is 1.44. The number of hydrogen-bond acceptors (Lipinski definition) is 6. The number of anilines is 1. The van der Waals surface area contributed by atoms with Crippen molar-refractivity contribution < 1.29 is 9.59 Å². The van der Waals surface area contributed by atoms with E-state index in [0.717, 1.165) is 37.3 Å². The highest BCUT2D eigenvalue weighted by atomic mass is 32.1. The Morgan fingerprint density at radius 3 is 3.08 bits per heavy atom. The van der Waals surface area contributed by atoms with Crippen LogP contribution in [0.15, 0.2) is 29.9 Å². The van der Waals surface area contributed by atoms with Gasteiger partial charge in [0.05, 0.1) is 18.2 Å². The maximum absolute atomic E-state index is 12.9. The molecule has 26 heavy (non-hydrogen) atoms. The van der Waals surface area contributed by atoms with Crippen LogP contribution in [0, 0.1) is 0 Å². The third-order valence-corrected chi connectivity index (χ3v) is 5.72. The van der Waals surface area contributed by atoms with E-state index < -0.39 is 0 Å². The Morgan fingerprint density at radius 2 is 2.31 bits per heavy atom. The number of rotatable bonds is 4. The molecule has 2 fully saturated rings. The van der Waals surface area contributed by atoms with Gasteiger partial charge in [-0.05, 0) is 18.1 Å². The lowest BCUT2D eigenvalue weighted by Crippen LogP contribution is -2.49. The van der Waals surface area contributed by atoms with E-state index in [1.165, 1.54) is 11.3 Å². The second-order valence-corrected chi connectivity index (χ2v) is 7.38. The van der Waals surface area contributed by atoms with Crippen LogP contribution in [0.25, 0.3) is 0 Å². The molecule has 2 saturated heterocycles. The smallest absolute Gasteiger partial charge is 0.229 e. The van der Waals surface area contributed by atoms with Gasteiger partial charge in [0.1, 0.15) is 0 Å². The number of carbonyl (C=O) groups is 2. The number of thiazole rings is 1. The molecule has 0 spiro atoms. The van der Waals surface area contributed by atoms with Crippen LogP contribution in [0.4, 0.5) is 5.13 Å². The molecule has 0 aliphatic carbocycles. The van der Waals surface area contributed by atoms with E-state index in [9.17, 15) is 9.59 Å². The molecule has 4 heterocycles. The monoisotopic (exact) mass is 371 g/mol. The summed E-state index contributed by atoms with van der Waals surface area (Å²) in [6, 6.07) is 3.89. The number of pyridine rings is 1. The van der Waals surface area contributed by atoms with Gasteiger partial charge < -0.3 is 10.2 Å². The topological polar surface area (TPSA) is 78.4 Å². The van der Waals surface area contributed by atoms with Gasteiger partial charge in [0, 0.05) is 50.4 Å². The van der Waals surface area contributed by atoms with Crippen molar-refractivity contribution >= 4 is 28.3 Å². The Balaban J connectivity index is 1.46. The second kappa shape index (κ2) is 7.51. The van der Waals surface area contributed by atoms with Crippen LogP contribution in [-0.2, 0) is 16.0 Å². The van der Waals surface area contributed by atoms with Crippen LogP contribution >= 0.6 is 11.3 Å². The minimum atomic E-state index is -0.0109. The summed E-state index contributed by atoms with van der Waals surface area (Å²) in [7, 11) is 0. The maximum atomic E-state index is 12.9. The average Bonchev–Trinajstić information content (AvgIpc) is 3.31. The molecule has 0 bridgehead atoms. The minimum absolute atomic E-state index is 0.0109. The van der Waals surface area contributed by atoms with Crippen molar-refractivity contribution in [1.29, 1.82) is 0 Å². The maximum Gasteiger partial charge on any atom is 0.229 e. The van der Waals surface area contributed by atoms with Gasteiger partial charge in [0.15, 0.2) is 5.13 Å². The summed E-state index contributed by atoms with van der Waals surface area (Å²) < 4.78 is 0. The number of carbonyl (C=O) groups excluding carboxylic acids is 2. The van der Waals surface area contributed by atoms with Gasteiger partial charge in [-0.15, -0.1) is 11.3 Å². The van der Waals surface area contributed by atoms with Crippen molar-refractivity contribution in [3.05, 3.63) is 41.2 Å². The first-order chi connectivity index (χ1) is 12.7. The van der Waals surface area contributed by atoms with Crippen LogP contribution in [-0.4, -0.2) is 52.9 Å². The summed E-state index contributed by atoms with van der Waals surface area (Å²) in [4.78, 5) is 37.1. The highest BCUT2D eigenvalue weighted by molar-refractivity contribution is 7.14. The number of piperazine rings is 1. The van der Waals surface area contributed by atoms with E-state index in [-0.39, 0.29) is 24.3 Å². The largest absolute Gasteiger partial charge is 0.333 e. The molecule has 0 aromatic carbocycles. The lowest BCUT2D eigenvalue weighted by atomic mass is 10.0.